The number of nitrogens with zero attached hydrogens (tertiary/aromatic N) is 1. The van der Waals surface area contributed by atoms with Gasteiger partial charge < -0.3 is 4.74 Å². The molecule has 33 heavy (non-hydrogen) atoms. The lowest BCUT2D eigenvalue weighted by molar-refractivity contribution is -0.147. The maximum Gasteiger partial charge on any atom is 0.321 e. The summed E-state index contributed by atoms with van der Waals surface area (Å²) in [6.45, 7) is 1.95. The van der Waals surface area contributed by atoms with Crippen molar-refractivity contribution in [3.8, 4) is 0 Å². The van der Waals surface area contributed by atoms with Crippen molar-refractivity contribution in [3.05, 3.63) is 89.1 Å². The summed E-state index contributed by atoms with van der Waals surface area (Å²) in [6.07, 6.45) is 8.15. The monoisotopic (exact) mass is 463 g/mol. The van der Waals surface area contributed by atoms with E-state index in [1.807, 2.05) is 49.4 Å². The number of sulfonamides is 1. The van der Waals surface area contributed by atoms with Crippen LogP contribution in [-0.4, -0.2) is 31.8 Å². The van der Waals surface area contributed by atoms with E-state index in [-0.39, 0.29) is 17.9 Å². The Labute approximate surface area is 195 Å². The molecule has 3 atom stereocenters. The molecule has 2 aromatic rings. The van der Waals surface area contributed by atoms with Gasteiger partial charge in [-0.15, -0.1) is 0 Å². The molecule has 2 aliphatic carbocycles. The molecule has 5 rings (SSSR count). The van der Waals surface area contributed by atoms with Crippen LogP contribution in [0.2, 0.25) is 0 Å². The van der Waals surface area contributed by atoms with Gasteiger partial charge in [-0.2, -0.15) is 0 Å². The number of ether oxygens (including phenoxy) is 1. The highest BCUT2D eigenvalue weighted by atomic mass is 32.2. The maximum absolute atomic E-state index is 13.8. The third-order valence-electron chi connectivity index (χ3n) is 7.43. The Bertz CT molecular complexity index is 1230. The number of methoxy groups -OCH3 is 1. The van der Waals surface area contributed by atoms with Gasteiger partial charge in [-0.1, -0.05) is 66.9 Å². The summed E-state index contributed by atoms with van der Waals surface area (Å²) >= 11 is 0. The average Bonchev–Trinajstić information content (AvgIpc) is 2.96. The highest BCUT2D eigenvalue weighted by molar-refractivity contribution is 7.89. The first-order valence-electron chi connectivity index (χ1n) is 11.6. The van der Waals surface area contributed by atoms with Crippen molar-refractivity contribution in [3.63, 3.8) is 0 Å². The zero-order valence-electron chi connectivity index (χ0n) is 19.0. The summed E-state index contributed by atoms with van der Waals surface area (Å²) in [7, 11) is -2.30. The zero-order chi connectivity index (χ0) is 23.2. The number of benzene rings is 2. The van der Waals surface area contributed by atoms with E-state index in [0.29, 0.717) is 11.3 Å². The summed E-state index contributed by atoms with van der Waals surface area (Å²) < 4.78 is 34.4. The van der Waals surface area contributed by atoms with E-state index in [4.69, 9.17) is 4.74 Å². The Morgan fingerprint density at radius 1 is 1.03 bits per heavy atom. The lowest BCUT2D eigenvalue weighted by atomic mass is 9.57. The van der Waals surface area contributed by atoms with Crippen LogP contribution in [0, 0.1) is 12.8 Å². The molecule has 172 valence electrons. The van der Waals surface area contributed by atoms with Crippen LogP contribution in [0.5, 0.6) is 0 Å². The second-order valence-electron chi connectivity index (χ2n) is 9.34. The number of fused-ring (bicyclic) bond motifs is 2. The Morgan fingerprint density at radius 3 is 2.42 bits per heavy atom. The summed E-state index contributed by atoms with van der Waals surface area (Å²) in [5, 5.41) is 0. The van der Waals surface area contributed by atoms with Crippen LogP contribution in [-0.2, 0) is 25.0 Å². The smallest absolute Gasteiger partial charge is 0.321 e. The van der Waals surface area contributed by atoms with E-state index in [1.165, 1.54) is 7.11 Å². The molecule has 1 aliphatic heterocycles. The number of allylic oxidation sites excluding steroid dienone is 1. The normalized spacial score (nSPS) is 26.7. The Hall–Kier alpha value is -2.86. The van der Waals surface area contributed by atoms with E-state index in [0.717, 1.165) is 48.0 Å². The molecule has 0 aromatic heterocycles. The lowest BCUT2D eigenvalue weighted by Gasteiger charge is -2.44. The molecule has 2 fully saturated rings. The summed E-state index contributed by atoms with van der Waals surface area (Å²) in [5.41, 5.74) is 2.83. The maximum atomic E-state index is 13.8. The number of rotatable bonds is 4. The Kier molecular flexibility index (Phi) is 5.44. The van der Waals surface area contributed by atoms with Gasteiger partial charge in [0.1, 0.15) is 5.41 Å². The third-order valence-corrected chi connectivity index (χ3v) is 9.23. The minimum atomic E-state index is -3.72. The standard InChI is InChI=1S/C27H29NO4S/c1-19-12-14-23(15-13-19)33(30,31)28-18-21-17-27(26(29)32-2,22-9-4-3-5-10-22)24(21)16-20-8-6-7-11-25(20)28/h3-5,9-10,12-16,18,20,25H,6-8,11,17H2,1-2H3/t20-,25+,27-/m1/s1. The minimum Gasteiger partial charge on any atom is -0.468 e. The van der Waals surface area contributed by atoms with E-state index < -0.39 is 15.4 Å². The molecule has 1 heterocycles. The lowest BCUT2D eigenvalue weighted by Crippen LogP contribution is -2.47. The van der Waals surface area contributed by atoms with E-state index in [9.17, 15) is 13.2 Å². The number of carbonyl (C=O) groups is 1. The fraction of sp³-hybridized carbons (Fsp3) is 0.370. The molecule has 2 saturated carbocycles. The molecule has 0 spiro atoms. The fourth-order valence-electron chi connectivity index (χ4n) is 5.66. The molecule has 0 radical (unpaired) electrons. The molecule has 0 N–H and O–H groups in total. The quantitative estimate of drug-likeness (QED) is 0.606. The van der Waals surface area contributed by atoms with Crippen molar-refractivity contribution < 1.29 is 17.9 Å². The van der Waals surface area contributed by atoms with Crippen LogP contribution in [0.4, 0.5) is 0 Å². The predicted octanol–water partition coefficient (Wildman–Crippen LogP) is 4.88. The summed E-state index contributed by atoms with van der Waals surface area (Å²) in [5.74, 6) is -0.241. The van der Waals surface area contributed by atoms with Crippen molar-refractivity contribution in [1.82, 2.24) is 4.31 Å². The molecular formula is C27H29NO4S. The molecule has 3 aliphatic rings. The molecule has 6 heteroatoms. The predicted molar refractivity (Wildman–Crippen MR) is 127 cm³/mol. The van der Waals surface area contributed by atoms with Crippen LogP contribution in [0.15, 0.2) is 82.9 Å². The van der Waals surface area contributed by atoms with Gasteiger partial charge in [0.2, 0.25) is 0 Å². The average molecular weight is 464 g/mol. The van der Waals surface area contributed by atoms with Crippen LogP contribution in [0.3, 0.4) is 0 Å². The highest BCUT2D eigenvalue weighted by Crippen LogP contribution is 2.56. The van der Waals surface area contributed by atoms with Gasteiger partial charge in [-0.05, 0) is 60.9 Å². The van der Waals surface area contributed by atoms with Gasteiger partial charge in [-0.25, -0.2) is 8.42 Å². The van der Waals surface area contributed by atoms with Gasteiger partial charge >= 0.3 is 5.97 Å². The molecule has 0 bridgehead atoms. The number of esters is 1. The van der Waals surface area contributed by atoms with Crippen LogP contribution < -0.4 is 0 Å². The summed E-state index contributed by atoms with van der Waals surface area (Å²) in [4.78, 5) is 13.5. The molecule has 2 aromatic carbocycles. The van der Waals surface area contributed by atoms with Crippen molar-refractivity contribution in [1.29, 1.82) is 0 Å². The molecule has 5 nitrogen and oxygen atoms in total. The number of hydrogen-bond donors (Lipinski definition) is 0. The fourth-order valence-corrected chi connectivity index (χ4v) is 7.26. The van der Waals surface area contributed by atoms with Crippen LogP contribution >= 0.6 is 0 Å². The molecule has 0 unspecified atom stereocenters. The first-order valence-corrected chi connectivity index (χ1v) is 13.0. The second kappa shape index (κ2) is 8.17. The zero-order valence-corrected chi connectivity index (χ0v) is 19.8. The van der Waals surface area contributed by atoms with Gasteiger partial charge in [-0.3, -0.25) is 9.10 Å². The molecular weight excluding hydrogens is 434 g/mol. The number of carbonyl (C=O) groups excluding carboxylic acids is 1. The van der Waals surface area contributed by atoms with E-state index in [2.05, 4.69) is 6.08 Å². The number of aryl methyl sites for hydroxylation is 1. The first kappa shape index (κ1) is 22.0. The van der Waals surface area contributed by atoms with Crippen molar-refractivity contribution in [2.45, 2.75) is 55.4 Å². The van der Waals surface area contributed by atoms with Crippen LogP contribution in [0.25, 0.3) is 0 Å². The third kappa shape index (κ3) is 3.43. The highest BCUT2D eigenvalue weighted by Gasteiger charge is 2.56. The first-order chi connectivity index (χ1) is 15.9. The number of hydrogen-bond acceptors (Lipinski definition) is 4. The van der Waals surface area contributed by atoms with E-state index >= 15 is 0 Å². The van der Waals surface area contributed by atoms with Crippen molar-refractivity contribution >= 4 is 16.0 Å². The van der Waals surface area contributed by atoms with Gasteiger partial charge in [0.15, 0.2) is 0 Å². The van der Waals surface area contributed by atoms with Crippen LogP contribution in [0.1, 0.15) is 43.2 Å². The second-order valence-corrected chi connectivity index (χ2v) is 11.2. The molecule has 0 saturated heterocycles. The van der Waals surface area contributed by atoms with E-state index in [1.54, 1.807) is 22.6 Å². The Morgan fingerprint density at radius 2 is 1.73 bits per heavy atom. The minimum absolute atomic E-state index is 0.0516. The van der Waals surface area contributed by atoms with Crippen molar-refractivity contribution in [2.24, 2.45) is 5.92 Å². The summed E-state index contributed by atoms with van der Waals surface area (Å²) in [6, 6.07) is 16.6. The van der Waals surface area contributed by atoms with Crippen molar-refractivity contribution in [2.75, 3.05) is 7.11 Å². The molecule has 0 amide bonds. The Balaban J connectivity index is 1.64. The van der Waals surface area contributed by atoms with Gasteiger partial charge in [0.05, 0.1) is 18.0 Å². The SMILES string of the molecule is COC(=O)[C@@]1(c2ccccc2)CC2=CN(S(=O)(=O)c3ccc(C)cc3)[C@H]3CCCC[C@@H]3C=C21. The van der Waals surface area contributed by atoms with Gasteiger partial charge in [0.25, 0.3) is 10.0 Å². The topological polar surface area (TPSA) is 63.7 Å². The largest absolute Gasteiger partial charge is 0.468 e. The van der Waals surface area contributed by atoms with Gasteiger partial charge in [0, 0.05) is 6.20 Å².